The molecule has 1 fully saturated rings. The molecule has 9 heteroatoms. The molecule has 2 aliphatic heterocycles. The molecular weight excluding hydrogens is 414 g/mol. The number of hydrogen-bond acceptors (Lipinski definition) is 5. The summed E-state index contributed by atoms with van der Waals surface area (Å²) in [4.78, 5) is 19.3. The molecular formula is C23H30F2N6O. The lowest BCUT2D eigenvalue weighted by molar-refractivity contribution is -0.115. The largest absolute Gasteiger partial charge is 0.348 e. The van der Waals surface area contributed by atoms with Gasteiger partial charge < -0.3 is 15.3 Å². The highest BCUT2D eigenvalue weighted by molar-refractivity contribution is 6.46. The minimum absolute atomic E-state index is 0.0435. The number of amides is 1. The topological polar surface area (TPSA) is 74.5 Å². The summed E-state index contributed by atoms with van der Waals surface area (Å²) in [6.45, 7) is 5.54. The van der Waals surface area contributed by atoms with Gasteiger partial charge in [0.1, 0.15) is 5.82 Å². The quantitative estimate of drug-likeness (QED) is 0.718. The maximum Gasteiger partial charge on any atom is 0.272 e. The van der Waals surface area contributed by atoms with Crippen LogP contribution in [0.15, 0.2) is 23.4 Å². The number of carbonyl (C=O) groups excluding carboxylic acids is 1. The van der Waals surface area contributed by atoms with Gasteiger partial charge in [-0.3, -0.25) is 9.69 Å². The molecule has 32 heavy (non-hydrogen) atoms. The Labute approximate surface area is 186 Å². The van der Waals surface area contributed by atoms with Gasteiger partial charge in [0.05, 0.1) is 25.0 Å². The van der Waals surface area contributed by atoms with E-state index in [1.165, 1.54) is 5.56 Å². The SMILES string of the molecule is CCc1cc(-c2cnc(C)n2C)cc2c1CNN=C2C(=O)NC1CCN(CC(F)F)CC1. The third kappa shape index (κ3) is 4.53. The van der Waals surface area contributed by atoms with Gasteiger partial charge in [-0.25, -0.2) is 13.8 Å². The lowest BCUT2D eigenvalue weighted by atomic mass is 9.91. The monoisotopic (exact) mass is 444 g/mol. The van der Waals surface area contributed by atoms with Crippen molar-refractivity contribution in [3.8, 4) is 11.3 Å². The molecule has 1 aromatic heterocycles. The van der Waals surface area contributed by atoms with Crippen molar-refractivity contribution >= 4 is 11.6 Å². The number of rotatable bonds is 6. The fourth-order valence-corrected chi connectivity index (χ4v) is 4.53. The van der Waals surface area contributed by atoms with E-state index < -0.39 is 6.43 Å². The Balaban J connectivity index is 1.56. The van der Waals surface area contributed by atoms with E-state index in [1.54, 1.807) is 4.90 Å². The lowest BCUT2D eigenvalue weighted by Crippen LogP contribution is -2.48. The minimum atomic E-state index is -2.33. The van der Waals surface area contributed by atoms with Crippen LogP contribution >= 0.6 is 0 Å². The zero-order valence-corrected chi connectivity index (χ0v) is 18.8. The average molecular weight is 445 g/mol. The average Bonchev–Trinajstić information content (AvgIpc) is 3.11. The summed E-state index contributed by atoms with van der Waals surface area (Å²) in [7, 11) is 1.98. The first kappa shape index (κ1) is 22.4. The Bertz CT molecular complexity index is 1020. The van der Waals surface area contributed by atoms with Crippen LogP contribution in [0, 0.1) is 6.92 Å². The molecule has 0 atom stereocenters. The Morgan fingerprint density at radius 2 is 2.06 bits per heavy atom. The van der Waals surface area contributed by atoms with Crippen molar-refractivity contribution in [2.45, 2.75) is 52.1 Å². The van der Waals surface area contributed by atoms with E-state index in [0.717, 1.165) is 34.6 Å². The van der Waals surface area contributed by atoms with Crippen molar-refractivity contribution in [3.63, 3.8) is 0 Å². The predicted octanol–water partition coefficient (Wildman–Crippen LogP) is 2.61. The summed E-state index contributed by atoms with van der Waals surface area (Å²) < 4.78 is 27.3. The van der Waals surface area contributed by atoms with Gasteiger partial charge in [0, 0.05) is 37.3 Å². The van der Waals surface area contributed by atoms with E-state index in [4.69, 9.17) is 0 Å². The molecule has 1 saturated heterocycles. The van der Waals surface area contributed by atoms with E-state index in [0.29, 0.717) is 38.2 Å². The van der Waals surface area contributed by atoms with E-state index in [2.05, 4.69) is 33.8 Å². The zero-order chi connectivity index (χ0) is 22.8. The first-order valence-electron chi connectivity index (χ1n) is 11.1. The number of imidazole rings is 1. The standard InChI is InChI=1S/C23H30F2N6O/c1-4-15-9-16(20-12-26-14(2)30(20)3)10-18-19(15)11-27-29-22(18)23(32)28-17-5-7-31(8-6-17)13-21(24)25/h9-10,12,17,21,27H,4-8,11,13H2,1-3H3,(H,28,32). The molecule has 7 nitrogen and oxygen atoms in total. The van der Waals surface area contributed by atoms with Crippen LogP contribution < -0.4 is 10.7 Å². The fraction of sp³-hybridized carbons (Fsp3) is 0.522. The number of halogens is 2. The maximum atomic E-state index is 13.2. The summed E-state index contributed by atoms with van der Waals surface area (Å²) in [6.07, 6.45) is 1.67. The number of aryl methyl sites for hydroxylation is 2. The van der Waals surface area contributed by atoms with E-state index in [1.807, 2.05) is 30.8 Å². The third-order valence-electron chi connectivity index (χ3n) is 6.48. The van der Waals surface area contributed by atoms with E-state index in [-0.39, 0.29) is 18.5 Å². The normalized spacial score (nSPS) is 17.1. The molecule has 1 amide bonds. The number of alkyl halides is 2. The van der Waals surface area contributed by atoms with Gasteiger partial charge >= 0.3 is 0 Å². The molecule has 2 N–H and O–H groups in total. The van der Waals surface area contributed by atoms with Crippen LogP contribution in [-0.2, 0) is 24.8 Å². The van der Waals surface area contributed by atoms with Gasteiger partial charge in [-0.15, -0.1) is 0 Å². The van der Waals surface area contributed by atoms with Crippen LogP contribution in [-0.4, -0.2) is 58.2 Å². The zero-order valence-electron chi connectivity index (χ0n) is 18.8. The summed E-state index contributed by atoms with van der Waals surface area (Å²) in [5.74, 6) is 0.688. The van der Waals surface area contributed by atoms with Crippen LogP contribution in [0.3, 0.4) is 0 Å². The Kier molecular flexibility index (Phi) is 6.55. The summed E-state index contributed by atoms with van der Waals surface area (Å²) in [5.41, 5.74) is 8.47. The second-order valence-corrected chi connectivity index (χ2v) is 8.50. The molecule has 0 aliphatic carbocycles. The maximum absolute atomic E-state index is 13.2. The number of likely N-dealkylation sites (tertiary alicyclic amines) is 1. The van der Waals surface area contributed by atoms with Crippen LogP contribution in [0.1, 0.15) is 42.3 Å². The predicted molar refractivity (Wildman–Crippen MR) is 120 cm³/mol. The highest BCUT2D eigenvalue weighted by Crippen LogP contribution is 2.29. The van der Waals surface area contributed by atoms with Crippen LogP contribution in [0.5, 0.6) is 0 Å². The smallest absolute Gasteiger partial charge is 0.272 e. The van der Waals surface area contributed by atoms with Gasteiger partial charge in [-0.2, -0.15) is 5.10 Å². The van der Waals surface area contributed by atoms with Gasteiger partial charge in [0.15, 0.2) is 5.71 Å². The summed E-state index contributed by atoms with van der Waals surface area (Å²) >= 11 is 0. The fourth-order valence-electron chi connectivity index (χ4n) is 4.53. The number of carbonyl (C=O) groups is 1. The Hall–Kier alpha value is -2.81. The van der Waals surface area contributed by atoms with Gasteiger partial charge in [-0.05, 0) is 49.4 Å². The number of nitrogens with zero attached hydrogens (tertiary/aromatic N) is 4. The van der Waals surface area contributed by atoms with E-state index in [9.17, 15) is 13.6 Å². The Morgan fingerprint density at radius 1 is 1.31 bits per heavy atom. The van der Waals surface area contributed by atoms with Gasteiger partial charge in [-0.1, -0.05) is 6.92 Å². The summed E-state index contributed by atoms with van der Waals surface area (Å²) in [5, 5.41) is 7.43. The number of nitrogens with one attached hydrogen (secondary N) is 2. The number of hydrogen-bond donors (Lipinski definition) is 2. The molecule has 0 spiro atoms. The number of aromatic nitrogens is 2. The second kappa shape index (κ2) is 9.36. The highest BCUT2D eigenvalue weighted by Gasteiger charge is 2.28. The molecule has 2 aromatic rings. The summed E-state index contributed by atoms with van der Waals surface area (Å²) in [6, 6.07) is 4.14. The molecule has 3 heterocycles. The number of fused-ring (bicyclic) bond motifs is 1. The Morgan fingerprint density at radius 3 is 2.69 bits per heavy atom. The molecule has 1 aromatic carbocycles. The molecule has 0 bridgehead atoms. The molecule has 4 rings (SSSR count). The number of benzene rings is 1. The first-order chi connectivity index (χ1) is 15.4. The molecule has 2 aliphatic rings. The van der Waals surface area contributed by atoms with Crippen molar-refractivity contribution in [1.82, 2.24) is 25.2 Å². The lowest BCUT2D eigenvalue weighted by Gasteiger charge is -2.32. The van der Waals surface area contributed by atoms with Gasteiger partial charge in [0.2, 0.25) is 0 Å². The molecule has 0 unspecified atom stereocenters. The second-order valence-electron chi connectivity index (χ2n) is 8.50. The minimum Gasteiger partial charge on any atom is -0.348 e. The number of hydrazone groups is 1. The molecule has 172 valence electrons. The molecule has 0 saturated carbocycles. The van der Waals surface area contributed by atoms with Crippen LogP contribution in [0.4, 0.5) is 8.78 Å². The van der Waals surface area contributed by atoms with Crippen LogP contribution in [0.25, 0.3) is 11.3 Å². The first-order valence-corrected chi connectivity index (χ1v) is 11.1. The number of piperidine rings is 1. The van der Waals surface area contributed by atoms with Gasteiger partial charge in [0.25, 0.3) is 12.3 Å². The van der Waals surface area contributed by atoms with Crippen molar-refractivity contribution in [3.05, 3.63) is 40.8 Å². The van der Waals surface area contributed by atoms with Crippen LogP contribution in [0.2, 0.25) is 0 Å². The third-order valence-corrected chi connectivity index (χ3v) is 6.48. The van der Waals surface area contributed by atoms with E-state index >= 15 is 0 Å². The van der Waals surface area contributed by atoms with Crippen molar-refractivity contribution in [2.75, 3.05) is 19.6 Å². The molecule has 0 radical (unpaired) electrons. The van der Waals surface area contributed by atoms with Crippen molar-refractivity contribution in [1.29, 1.82) is 0 Å². The highest BCUT2D eigenvalue weighted by atomic mass is 19.3. The van der Waals surface area contributed by atoms with Crippen molar-refractivity contribution < 1.29 is 13.6 Å². The van der Waals surface area contributed by atoms with Crippen molar-refractivity contribution in [2.24, 2.45) is 12.1 Å².